The quantitative estimate of drug-likeness (QED) is 0.893. The van der Waals surface area contributed by atoms with Gasteiger partial charge < -0.3 is 10.4 Å². The third kappa shape index (κ3) is 3.46. The Morgan fingerprint density at radius 1 is 1.38 bits per heavy atom. The molecule has 1 aromatic heterocycles. The first kappa shape index (κ1) is 14.2. The minimum atomic E-state index is -0.156. The maximum Gasteiger partial charge on any atom is 0.143 e. The molecule has 0 saturated heterocycles. The van der Waals surface area contributed by atoms with E-state index in [2.05, 4.69) is 39.9 Å². The summed E-state index contributed by atoms with van der Waals surface area (Å²) in [4.78, 5) is 0. The fourth-order valence-corrected chi connectivity index (χ4v) is 2.98. The van der Waals surface area contributed by atoms with Gasteiger partial charge in [-0.25, -0.2) is 4.68 Å². The average Bonchev–Trinajstić information content (AvgIpc) is 3.02. The van der Waals surface area contributed by atoms with Crippen LogP contribution in [0.4, 0.5) is 0 Å². The van der Waals surface area contributed by atoms with E-state index in [0.29, 0.717) is 6.04 Å². The molecule has 0 spiro atoms. The van der Waals surface area contributed by atoms with Gasteiger partial charge in [0.15, 0.2) is 0 Å². The lowest BCUT2D eigenvalue weighted by atomic mass is 9.92. The van der Waals surface area contributed by atoms with E-state index >= 15 is 0 Å². The Hall–Kier alpha value is -1.79. The molecule has 2 aromatic rings. The Kier molecular flexibility index (Phi) is 4.26. The first-order valence-corrected chi connectivity index (χ1v) is 7.50. The second kappa shape index (κ2) is 6.32. The van der Waals surface area contributed by atoms with Gasteiger partial charge in [-0.1, -0.05) is 12.1 Å². The Balaban J connectivity index is 1.69. The Morgan fingerprint density at radius 3 is 3.05 bits per heavy atom. The number of rotatable bonds is 4. The topological polar surface area (TPSA) is 75.9 Å². The van der Waals surface area contributed by atoms with Gasteiger partial charge in [-0.2, -0.15) is 0 Å². The van der Waals surface area contributed by atoms with Crippen molar-refractivity contribution in [3.8, 4) is 5.69 Å². The summed E-state index contributed by atoms with van der Waals surface area (Å²) in [5.41, 5.74) is 2.15. The zero-order chi connectivity index (χ0) is 14.7. The Morgan fingerprint density at radius 2 is 2.29 bits per heavy atom. The van der Waals surface area contributed by atoms with Crippen molar-refractivity contribution in [1.29, 1.82) is 0 Å². The average molecular weight is 287 g/mol. The van der Waals surface area contributed by atoms with Crippen molar-refractivity contribution in [2.24, 2.45) is 0 Å². The molecule has 21 heavy (non-hydrogen) atoms. The van der Waals surface area contributed by atoms with E-state index in [0.717, 1.165) is 31.4 Å². The SMILES string of the molecule is CC(NC1CCCC(O)C1)c1cccc(-n2cnnn2)c1. The van der Waals surface area contributed by atoms with Crippen molar-refractivity contribution < 1.29 is 5.11 Å². The molecule has 3 unspecified atom stereocenters. The van der Waals surface area contributed by atoms with Crippen LogP contribution in [0.25, 0.3) is 5.69 Å². The van der Waals surface area contributed by atoms with E-state index in [1.807, 2.05) is 12.1 Å². The number of hydrogen-bond acceptors (Lipinski definition) is 5. The zero-order valence-corrected chi connectivity index (χ0v) is 12.2. The van der Waals surface area contributed by atoms with Crippen LogP contribution in [0.3, 0.4) is 0 Å². The molecule has 1 saturated carbocycles. The van der Waals surface area contributed by atoms with E-state index in [9.17, 15) is 5.11 Å². The molecule has 1 aliphatic carbocycles. The number of aliphatic hydroxyl groups excluding tert-OH is 1. The summed E-state index contributed by atoms with van der Waals surface area (Å²) < 4.78 is 1.65. The maximum absolute atomic E-state index is 9.77. The van der Waals surface area contributed by atoms with Gasteiger partial charge in [-0.05, 0) is 60.7 Å². The molecule has 0 radical (unpaired) electrons. The van der Waals surface area contributed by atoms with E-state index in [1.54, 1.807) is 11.0 Å². The van der Waals surface area contributed by atoms with Gasteiger partial charge in [0, 0.05) is 12.1 Å². The summed E-state index contributed by atoms with van der Waals surface area (Å²) in [6.45, 7) is 2.15. The Labute approximate surface area is 124 Å². The minimum absolute atomic E-state index is 0.156. The van der Waals surface area contributed by atoms with Crippen LogP contribution in [0.2, 0.25) is 0 Å². The largest absolute Gasteiger partial charge is 0.393 e. The van der Waals surface area contributed by atoms with E-state index in [-0.39, 0.29) is 12.1 Å². The summed E-state index contributed by atoms with van der Waals surface area (Å²) >= 11 is 0. The predicted molar refractivity (Wildman–Crippen MR) is 79.0 cm³/mol. The smallest absolute Gasteiger partial charge is 0.143 e. The molecule has 3 atom stereocenters. The molecule has 1 aliphatic rings. The molecule has 2 N–H and O–H groups in total. The van der Waals surface area contributed by atoms with E-state index in [4.69, 9.17) is 0 Å². The van der Waals surface area contributed by atoms with Crippen molar-refractivity contribution in [3.63, 3.8) is 0 Å². The van der Waals surface area contributed by atoms with Crippen LogP contribution in [0.1, 0.15) is 44.2 Å². The summed E-state index contributed by atoms with van der Waals surface area (Å²) in [5.74, 6) is 0. The lowest BCUT2D eigenvalue weighted by Gasteiger charge is -2.29. The molecule has 0 aliphatic heterocycles. The number of aliphatic hydroxyl groups is 1. The highest BCUT2D eigenvalue weighted by Gasteiger charge is 2.21. The van der Waals surface area contributed by atoms with Gasteiger partial charge in [0.1, 0.15) is 6.33 Å². The number of tetrazole rings is 1. The second-order valence-corrected chi connectivity index (χ2v) is 5.76. The molecular weight excluding hydrogens is 266 g/mol. The molecule has 112 valence electrons. The fraction of sp³-hybridized carbons (Fsp3) is 0.533. The predicted octanol–water partition coefficient (Wildman–Crippen LogP) is 1.62. The molecule has 0 bridgehead atoms. The molecule has 0 amide bonds. The van der Waals surface area contributed by atoms with E-state index in [1.165, 1.54) is 5.56 Å². The summed E-state index contributed by atoms with van der Waals surface area (Å²) in [6.07, 6.45) is 5.44. The van der Waals surface area contributed by atoms with Crippen molar-refractivity contribution >= 4 is 0 Å². The molecule has 1 fully saturated rings. The lowest BCUT2D eigenvalue weighted by molar-refractivity contribution is 0.109. The highest BCUT2D eigenvalue weighted by atomic mass is 16.3. The Bertz CT molecular complexity index is 571. The molecule has 6 heteroatoms. The van der Waals surface area contributed by atoms with Gasteiger partial charge in [-0.3, -0.25) is 0 Å². The standard InChI is InChI=1S/C15H21N5O/c1-11(17-13-5-3-7-15(21)9-13)12-4-2-6-14(8-12)20-10-16-18-19-20/h2,4,6,8,10-11,13,15,17,21H,3,5,7,9H2,1H3. The lowest BCUT2D eigenvalue weighted by Crippen LogP contribution is -2.37. The third-order valence-corrected chi connectivity index (χ3v) is 4.12. The van der Waals surface area contributed by atoms with Gasteiger partial charge in [0.05, 0.1) is 11.8 Å². The molecule has 3 rings (SSSR count). The van der Waals surface area contributed by atoms with Crippen LogP contribution in [0.5, 0.6) is 0 Å². The number of nitrogens with zero attached hydrogens (tertiary/aromatic N) is 4. The highest BCUT2D eigenvalue weighted by molar-refractivity contribution is 5.35. The van der Waals surface area contributed by atoms with Crippen molar-refractivity contribution in [1.82, 2.24) is 25.5 Å². The molecule has 1 heterocycles. The highest BCUT2D eigenvalue weighted by Crippen LogP contribution is 2.22. The number of aromatic nitrogens is 4. The van der Waals surface area contributed by atoms with Gasteiger partial charge >= 0.3 is 0 Å². The second-order valence-electron chi connectivity index (χ2n) is 5.76. The fourth-order valence-electron chi connectivity index (χ4n) is 2.98. The first-order valence-electron chi connectivity index (χ1n) is 7.50. The monoisotopic (exact) mass is 287 g/mol. The normalized spacial score (nSPS) is 23.9. The van der Waals surface area contributed by atoms with Crippen LogP contribution in [-0.2, 0) is 0 Å². The first-order chi connectivity index (χ1) is 10.2. The number of benzene rings is 1. The van der Waals surface area contributed by atoms with Crippen molar-refractivity contribution in [3.05, 3.63) is 36.2 Å². The van der Waals surface area contributed by atoms with Crippen molar-refractivity contribution in [2.45, 2.75) is 50.8 Å². The van der Waals surface area contributed by atoms with Crippen LogP contribution < -0.4 is 5.32 Å². The van der Waals surface area contributed by atoms with Gasteiger partial charge in [0.25, 0.3) is 0 Å². The molecule has 1 aromatic carbocycles. The molecule has 6 nitrogen and oxygen atoms in total. The van der Waals surface area contributed by atoms with Crippen LogP contribution >= 0.6 is 0 Å². The van der Waals surface area contributed by atoms with Crippen LogP contribution in [0, 0.1) is 0 Å². The van der Waals surface area contributed by atoms with Crippen LogP contribution in [0.15, 0.2) is 30.6 Å². The van der Waals surface area contributed by atoms with Gasteiger partial charge in [0.2, 0.25) is 0 Å². The van der Waals surface area contributed by atoms with Crippen molar-refractivity contribution in [2.75, 3.05) is 0 Å². The summed E-state index contributed by atoms with van der Waals surface area (Å²) in [6, 6.07) is 8.81. The third-order valence-electron chi connectivity index (χ3n) is 4.12. The summed E-state index contributed by atoms with van der Waals surface area (Å²) in [5, 5.41) is 24.6. The minimum Gasteiger partial charge on any atom is -0.393 e. The van der Waals surface area contributed by atoms with Gasteiger partial charge in [-0.15, -0.1) is 5.10 Å². The number of nitrogens with one attached hydrogen (secondary N) is 1. The number of hydrogen-bond donors (Lipinski definition) is 2. The maximum atomic E-state index is 9.77. The van der Waals surface area contributed by atoms with Crippen LogP contribution in [-0.4, -0.2) is 37.5 Å². The van der Waals surface area contributed by atoms with E-state index < -0.39 is 0 Å². The summed E-state index contributed by atoms with van der Waals surface area (Å²) in [7, 11) is 0. The zero-order valence-electron chi connectivity index (χ0n) is 12.2. The molecular formula is C15H21N5O.